The molecule has 0 unspecified atom stereocenters. The summed E-state index contributed by atoms with van der Waals surface area (Å²) in [5.41, 5.74) is 1.07. The first-order valence-corrected chi connectivity index (χ1v) is 8.68. The standard InChI is InChI=1S/C13H16N4O2S2/c1-8-14-10(6-20-8)4-5-17-12(9-2-3-9)15-16-13(17)21-7-11(18)19/h6,9H,2-5,7H2,1H3,(H,18,19). The van der Waals surface area contributed by atoms with Gasteiger partial charge in [-0.3, -0.25) is 4.79 Å². The summed E-state index contributed by atoms with van der Waals surface area (Å²) in [7, 11) is 0. The fourth-order valence-electron chi connectivity index (χ4n) is 2.14. The van der Waals surface area contributed by atoms with E-state index in [1.807, 2.05) is 6.92 Å². The Hall–Kier alpha value is -1.41. The van der Waals surface area contributed by atoms with E-state index in [2.05, 4.69) is 25.1 Å². The van der Waals surface area contributed by atoms with Crippen molar-refractivity contribution in [1.29, 1.82) is 0 Å². The maximum absolute atomic E-state index is 10.7. The van der Waals surface area contributed by atoms with Crippen LogP contribution < -0.4 is 0 Å². The van der Waals surface area contributed by atoms with Gasteiger partial charge in [-0.2, -0.15) is 0 Å². The number of nitrogens with zero attached hydrogens (tertiary/aromatic N) is 4. The van der Waals surface area contributed by atoms with Crippen LogP contribution in [0.1, 0.15) is 35.3 Å². The lowest BCUT2D eigenvalue weighted by molar-refractivity contribution is -0.133. The third-order valence-electron chi connectivity index (χ3n) is 3.27. The minimum absolute atomic E-state index is 0.0125. The van der Waals surface area contributed by atoms with E-state index in [9.17, 15) is 4.79 Å². The quantitative estimate of drug-likeness (QED) is 0.787. The molecule has 0 aromatic carbocycles. The minimum Gasteiger partial charge on any atom is -0.481 e. The second kappa shape index (κ2) is 6.15. The van der Waals surface area contributed by atoms with Crippen molar-refractivity contribution in [3.8, 4) is 0 Å². The van der Waals surface area contributed by atoms with Gasteiger partial charge in [-0.05, 0) is 19.8 Å². The van der Waals surface area contributed by atoms with Gasteiger partial charge in [0.05, 0.1) is 16.5 Å². The van der Waals surface area contributed by atoms with Gasteiger partial charge >= 0.3 is 5.97 Å². The largest absolute Gasteiger partial charge is 0.481 e. The van der Waals surface area contributed by atoms with Crippen molar-refractivity contribution in [2.45, 2.75) is 43.8 Å². The van der Waals surface area contributed by atoms with Gasteiger partial charge < -0.3 is 9.67 Å². The highest BCUT2D eigenvalue weighted by molar-refractivity contribution is 7.99. The minimum atomic E-state index is -0.836. The highest BCUT2D eigenvalue weighted by Crippen LogP contribution is 2.40. The SMILES string of the molecule is Cc1nc(CCn2c(SCC(=O)O)nnc2C2CC2)cs1. The molecule has 1 N–H and O–H groups in total. The number of carboxylic acid groups (broad SMARTS) is 1. The Kier molecular flexibility index (Phi) is 4.25. The first-order chi connectivity index (χ1) is 10.1. The molecule has 0 radical (unpaired) electrons. The summed E-state index contributed by atoms with van der Waals surface area (Å²) in [4.78, 5) is 15.2. The summed E-state index contributed by atoms with van der Waals surface area (Å²) in [5, 5.41) is 21.1. The lowest BCUT2D eigenvalue weighted by Crippen LogP contribution is -2.08. The monoisotopic (exact) mass is 324 g/mol. The molecule has 6 nitrogen and oxygen atoms in total. The zero-order valence-corrected chi connectivity index (χ0v) is 13.3. The van der Waals surface area contributed by atoms with Gasteiger partial charge in [-0.1, -0.05) is 11.8 Å². The van der Waals surface area contributed by atoms with Gasteiger partial charge in [0, 0.05) is 24.3 Å². The van der Waals surface area contributed by atoms with E-state index in [1.165, 1.54) is 11.8 Å². The topological polar surface area (TPSA) is 80.9 Å². The molecule has 1 aliphatic carbocycles. The zero-order chi connectivity index (χ0) is 14.8. The van der Waals surface area contributed by atoms with Crippen LogP contribution in [0, 0.1) is 6.92 Å². The fourth-order valence-corrected chi connectivity index (χ4v) is 3.48. The van der Waals surface area contributed by atoms with Crippen molar-refractivity contribution < 1.29 is 9.90 Å². The molecular weight excluding hydrogens is 308 g/mol. The Morgan fingerprint density at radius 1 is 1.52 bits per heavy atom. The third-order valence-corrected chi connectivity index (χ3v) is 5.04. The van der Waals surface area contributed by atoms with Crippen molar-refractivity contribution >= 4 is 29.1 Å². The van der Waals surface area contributed by atoms with Crippen molar-refractivity contribution in [1.82, 2.24) is 19.7 Å². The molecule has 0 amide bonds. The summed E-state index contributed by atoms with van der Waals surface area (Å²) in [6.45, 7) is 2.75. The number of carbonyl (C=O) groups is 1. The molecule has 112 valence electrons. The Bertz CT molecular complexity index is 648. The molecule has 2 heterocycles. The van der Waals surface area contributed by atoms with Gasteiger partial charge in [-0.25, -0.2) is 4.98 Å². The van der Waals surface area contributed by atoms with Crippen LogP contribution in [0.3, 0.4) is 0 Å². The summed E-state index contributed by atoms with van der Waals surface area (Å²) >= 11 is 2.88. The maximum Gasteiger partial charge on any atom is 0.313 e. The Labute approximate surface area is 130 Å². The number of aromatic nitrogens is 4. The molecule has 1 aliphatic rings. The number of aliphatic carboxylic acids is 1. The predicted molar refractivity (Wildman–Crippen MR) is 80.9 cm³/mol. The smallest absolute Gasteiger partial charge is 0.313 e. The molecule has 0 saturated heterocycles. The van der Waals surface area contributed by atoms with Gasteiger partial charge in [-0.15, -0.1) is 21.5 Å². The summed E-state index contributed by atoms with van der Waals surface area (Å²) in [6.07, 6.45) is 3.12. The normalized spacial score (nSPS) is 14.5. The lowest BCUT2D eigenvalue weighted by Gasteiger charge is -2.08. The van der Waals surface area contributed by atoms with Gasteiger partial charge in [0.2, 0.25) is 0 Å². The maximum atomic E-state index is 10.7. The third kappa shape index (κ3) is 3.62. The number of thiazole rings is 1. The first kappa shape index (κ1) is 14.5. The van der Waals surface area contributed by atoms with Crippen LogP contribution in [0.2, 0.25) is 0 Å². The number of rotatable bonds is 7. The van der Waals surface area contributed by atoms with Crippen molar-refractivity contribution in [3.63, 3.8) is 0 Å². The van der Waals surface area contributed by atoms with Crippen LogP contribution in [-0.2, 0) is 17.8 Å². The molecule has 1 fully saturated rings. The number of hydrogen-bond acceptors (Lipinski definition) is 6. The van der Waals surface area contributed by atoms with Crippen molar-refractivity contribution in [2.75, 3.05) is 5.75 Å². The number of thioether (sulfide) groups is 1. The average Bonchev–Trinajstić information content (AvgIpc) is 3.08. The van der Waals surface area contributed by atoms with Gasteiger partial charge in [0.15, 0.2) is 5.16 Å². The number of aryl methyl sites for hydroxylation is 2. The predicted octanol–water partition coefficient (Wildman–Crippen LogP) is 2.34. The highest BCUT2D eigenvalue weighted by atomic mass is 32.2. The number of hydrogen-bond donors (Lipinski definition) is 1. The van der Waals surface area contributed by atoms with Gasteiger partial charge in [0.1, 0.15) is 5.82 Å². The summed E-state index contributed by atoms with van der Waals surface area (Å²) < 4.78 is 2.07. The highest BCUT2D eigenvalue weighted by Gasteiger charge is 2.30. The second-order valence-electron chi connectivity index (χ2n) is 5.06. The molecule has 0 spiro atoms. The van der Waals surface area contributed by atoms with Crippen LogP contribution in [-0.4, -0.2) is 36.6 Å². The summed E-state index contributed by atoms with van der Waals surface area (Å²) in [6, 6.07) is 0. The fraction of sp³-hybridized carbons (Fsp3) is 0.538. The van der Waals surface area contributed by atoms with Gasteiger partial charge in [0.25, 0.3) is 0 Å². The molecular formula is C13H16N4O2S2. The van der Waals surface area contributed by atoms with E-state index in [0.717, 1.165) is 42.3 Å². The van der Waals surface area contributed by atoms with Crippen LogP contribution in [0.25, 0.3) is 0 Å². The Morgan fingerprint density at radius 2 is 2.33 bits per heavy atom. The molecule has 2 aromatic heterocycles. The Morgan fingerprint density at radius 3 is 2.95 bits per heavy atom. The lowest BCUT2D eigenvalue weighted by atomic mass is 10.3. The Balaban J connectivity index is 1.73. The van der Waals surface area contributed by atoms with Crippen LogP contribution in [0.15, 0.2) is 10.5 Å². The van der Waals surface area contributed by atoms with E-state index >= 15 is 0 Å². The summed E-state index contributed by atoms with van der Waals surface area (Å²) in [5.74, 6) is 0.667. The van der Waals surface area contributed by atoms with E-state index in [-0.39, 0.29) is 5.75 Å². The molecule has 0 atom stereocenters. The van der Waals surface area contributed by atoms with Crippen molar-refractivity contribution in [2.24, 2.45) is 0 Å². The van der Waals surface area contributed by atoms with Crippen molar-refractivity contribution in [3.05, 3.63) is 21.9 Å². The van der Waals surface area contributed by atoms with E-state index in [0.29, 0.717) is 11.1 Å². The average molecular weight is 324 g/mol. The molecule has 0 aliphatic heterocycles. The van der Waals surface area contributed by atoms with E-state index in [1.54, 1.807) is 11.3 Å². The first-order valence-electron chi connectivity index (χ1n) is 6.82. The number of carboxylic acids is 1. The zero-order valence-electron chi connectivity index (χ0n) is 11.7. The van der Waals surface area contributed by atoms with Crippen LogP contribution in [0.5, 0.6) is 0 Å². The van der Waals surface area contributed by atoms with Crippen LogP contribution in [0.4, 0.5) is 0 Å². The van der Waals surface area contributed by atoms with E-state index < -0.39 is 5.97 Å². The van der Waals surface area contributed by atoms with E-state index in [4.69, 9.17) is 5.11 Å². The molecule has 2 aromatic rings. The molecule has 21 heavy (non-hydrogen) atoms. The van der Waals surface area contributed by atoms with Crippen LogP contribution >= 0.6 is 23.1 Å². The molecule has 1 saturated carbocycles. The molecule has 8 heteroatoms. The molecule has 0 bridgehead atoms. The molecule has 3 rings (SSSR count). The second-order valence-corrected chi connectivity index (χ2v) is 7.06.